The second-order valence-corrected chi connectivity index (χ2v) is 5.26. The summed E-state index contributed by atoms with van der Waals surface area (Å²) in [5.41, 5.74) is 3.90. The Balaban J connectivity index is 1.92. The number of hydrogen-bond acceptors (Lipinski definition) is 3. The molecule has 0 radical (unpaired) electrons. The molecule has 2 rings (SSSR count). The summed E-state index contributed by atoms with van der Waals surface area (Å²) in [5.74, 6) is -1.02. The number of nitrogens with zero attached hydrogens (tertiary/aromatic N) is 2. The Morgan fingerprint density at radius 3 is 2.33 bits per heavy atom. The van der Waals surface area contributed by atoms with Crippen molar-refractivity contribution in [1.29, 1.82) is 0 Å². The molecule has 124 valence electrons. The molecule has 5 nitrogen and oxygen atoms in total. The van der Waals surface area contributed by atoms with Gasteiger partial charge in [-0.3, -0.25) is 9.59 Å². The van der Waals surface area contributed by atoms with Gasteiger partial charge in [0.15, 0.2) is 0 Å². The Morgan fingerprint density at radius 1 is 1.08 bits per heavy atom. The minimum atomic E-state index is -0.460. The molecule has 0 aliphatic heterocycles. The third-order valence-electron chi connectivity index (χ3n) is 3.38. The average Bonchev–Trinajstić information content (AvgIpc) is 2.60. The van der Waals surface area contributed by atoms with E-state index in [-0.39, 0.29) is 12.3 Å². The van der Waals surface area contributed by atoms with Crippen LogP contribution in [0.2, 0.25) is 0 Å². The van der Waals surface area contributed by atoms with Crippen LogP contribution < -0.4 is 10.3 Å². The van der Waals surface area contributed by atoms with Gasteiger partial charge >= 0.3 is 0 Å². The number of benzene rings is 2. The molecule has 0 heterocycles. The van der Waals surface area contributed by atoms with E-state index in [9.17, 15) is 14.0 Å². The van der Waals surface area contributed by atoms with E-state index >= 15 is 0 Å². The van der Waals surface area contributed by atoms with Crippen LogP contribution in [-0.4, -0.2) is 24.6 Å². The maximum atomic E-state index is 12.8. The monoisotopic (exact) mass is 327 g/mol. The Bertz CT molecular complexity index is 743. The zero-order chi connectivity index (χ0) is 17.5. The molecule has 0 fully saturated rings. The lowest BCUT2D eigenvalue weighted by atomic mass is 10.2. The second kappa shape index (κ2) is 8.01. The van der Waals surface area contributed by atoms with Gasteiger partial charge in [0, 0.05) is 24.0 Å². The largest absolute Gasteiger partial charge is 0.315 e. The number of halogens is 1. The normalized spacial score (nSPS) is 11.0. The number of amides is 2. The van der Waals surface area contributed by atoms with Crippen molar-refractivity contribution in [3.63, 3.8) is 0 Å². The third-order valence-corrected chi connectivity index (χ3v) is 3.38. The molecule has 0 spiro atoms. The van der Waals surface area contributed by atoms with Crippen LogP contribution in [0.1, 0.15) is 23.7 Å². The fourth-order valence-electron chi connectivity index (χ4n) is 1.98. The fourth-order valence-corrected chi connectivity index (χ4v) is 1.98. The van der Waals surface area contributed by atoms with Crippen LogP contribution in [0.15, 0.2) is 59.7 Å². The molecule has 6 heteroatoms. The Hall–Kier alpha value is -3.02. The first-order chi connectivity index (χ1) is 11.5. The van der Waals surface area contributed by atoms with Crippen molar-refractivity contribution in [2.75, 3.05) is 11.9 Å². The SMILES string of the molecule is CC(CC(=O)N(C)c1ccccc1)=NNC(=O)c1ccc(F)cc1. The van der Waals surface area contributed by atoms with Gasteiger partial charge in [-0.2, -0.15) is 5.10 Å². The lowest BCUT2D eigenvalue weighted by Gasteiger charge is -2.17. The molecule has 0 saturated carbocycles. The molecule has 0 aliphatic carbocycles. The second-order valence-electron chi connectivity index (χ2n) is 5.26. The Morgan fingerprint density at radius 2 is 1.71 bits per heavy atom. The summed E-state index contributed by atoms with van der Waals surface area (Å²) in [4.78, 5) is 25.6. The maximum Gasteiger partial charge on any atom is 0.271 e. The smallest absolute Gasteiger partial charge is 0.271 e. The molecule has 2 aromatic carbocycles. The number of para-hydroxylation sites is 1. The molecule has 0 bridgehead atoms. The molecule has 24 heavy (non-hydrogen) atoms. The summed E-state index contributed by atoms with van der Waals surface area (Å²) >= 11 is 0. The van der Waals surface area contributed by atoms with Gasteiger partial charge in [-0.1, -0.05) is 18.2 Å². The van der Waals surface area contributed by atoms with Crippen molar-refractivity contribution in [3.05, 3.63) is 66.0 Å². The quantitative estimate of drug-likeness (QED) is 0.678. The maximum absolute atomic E-state index is 12.8. The minimum Gasteiger partial charge on any atom is -0.315 e. The van der Waals surface area contributed by atoms with Gasteiger partial charge in [-0.05, 0) is 43.3 Å². The summed E-state index contributed by atoms with van der Waals surface area (Å²) < 4.78 is 12.8. The highest BCUT2D eigenvalue weighted by Gasteiger charge is 2.12. The molecular formula is C18H18FN3O2. The van der Waals surface area contributed by atoms with Crippen LogP contribution in [0.5, 0.6) is 0 Å². The number of hydrogen-bond donors (Lipinski definition) is 1. The van der Waals surface area contributed by atoms with Crippen molar-refractivity contribution in [1.82, 2.24) is 5.43 Å². The van der Waals surface area contributed by atoms with Gasteiger partial charge in [0.2, 0.25) is 5.91 Å². The van der Waals surface area contributed by atoms with E-state index in [0.717, 1.165) is 5.69 Å². The van der Waals surface area contributed by atoms with Crippen molar-refractivity contribution in [2.45, 2.75) is 13.3 Å². The summed E-state index contributed by atoms with van der Waals surface area (Å²) in [6.45, 7) is 1.65. The summed E-state index contributed by atoms with van der Waals surface area (Å²) in [6.07, 6.45) is 0.0785. The van der Waals surface area contributed by atoms with E-state index in [2.05, 4.69) is 10.5 Å². The highest BCUT2D eigenvalue weighted by atomic mass is 19.1. The van der Waals surface area contributed by atoms with E-state index in [1.165, 1.54) is 29.2 Å². The van der Waals surface area contributed by atoms with Gasteiger partial charge in [0.05, 0.1) is 6.42 Å². The van der Waals surface area contributed by atoms with E-state index in [0.29, 0.717) is 11.3 Å². The van der Waals surface area contributed by atoms with Crippen molar-refractivity contribution in [2.24, 2.45) is 5.10 Å². The van der Waals surface area contributed by atoms with E-state index in [4.69, 9.17) is 0 Å². The highest BCUT2D eigenvalue weighted by molar-refractivity contribution is 6.07. The Labute approximate surface area is 139 Å². The standard InChI is InChI=1S/C18H18FN3O2/c1-13(12-17(23)22(2)16-6-4-3-5-7-16)20-21-18(24)14-8-10-15(19)11-9-14/h3-11H,12H2,1-2H3,(H,21,24). The molecule has 0 unspecified atom stereocenters. The van der Waals surface area contributed by atoms with Crippen molar-refractivity contribution >= 4 is 23.2 Å². The number of rotatable bonds is 5. The lowest BCUT2D eigenvalue weighted by Crippen LogP contribution is -2.28. The molecule has 0 aromatic heterocycles. The van der Waals surface area contributed by atoms with Crippen LogP contribution in [0.25, 0.3) is 0 Å². The molecule has 2 amide bonds. The summed E-state index contributed by atoms with van der Waals surface area (Å²) in [6, 6.07) is 14.4. The first-order valence-electron chi connectivity index (χ1n) is 7.38. The molecule has 0 aliphatic rings. The van der Waals surface area contributed by atoms with Crippen molar-refractivity contribution in [3.8, 4) is 0 Å². The van der Waals surface area contributed by atoms with Crippen LogP contribution in [0.4, 0.5) is 10.1 Å². The van der Waals surface area contributed by atoms with Crippen LogP contribution in [0.3, 0.4) is 0 Å². The molecule has 2 aromatic rings. The summed E-state index contributed by atoms with van der Waals surface area (Å²) in [7, 11) is 1.68. The molecular weight excluding hydrogens is 309 g/mol. The highest BCUT2D eigenvalue weighted by Crippen LogP contribution is 2.12. The van der Waals surface area contributed by atoms with Gasteiger partial charge in [-0.15, -0.1) is 0 Å². The van der Waals surface area contributed by atoms with Gasteiger partial charge in [0.1, 0.15) is 5.82 Å². The minimum absolute atomic E-state index is 0.0785. The van der Waals surface area contributed by atoms with Gasteiger partial charge < -0.3 is 4.90 Å². The number of hydrazone groups is 1. The average molecular weight is 327 g/mol. The first kappa shape index (κ1) is 17.3. The predicted molar refractivity (Wildman–Crippen MR) is 91.4 cm³/mol. The van der Waals surface area contributed by atoms with Crippen LogP contribution in [0, 0.1) is 5.82 Å². The first-order valence-corrected chi connectivity index (χ1v) is 7.38. The van der Waals surface area contributed by atoms with Crippen LogP contribution >= 0.6 is 0 Å². The van der Waals surface area contributed by atoms with Gasteiger partial charge in [0.25, 0.3) is 5.91 Å². The summed E-state index contributed by atoms with van der Waals surface area (Å²) in [5, 5.41) is 3.91. The number of carbonyl (C=O) groups is 2. The topological polar surface area (TPSA) is 61.8 Å². The van der Waals surface area contributed by atoms with Crippen molar-refractivity contribution < 1.29 is 14.0 Å². The zero-order valence-corrected chi connectivity index (χ0v) is 13.5. The van der Waals surface area contributed by atoms with E-state index < -0.39 is 11.7 Å². The van der Waals surface area contributed by atoms with E-state index in [1.807, 2.05) is 30.3 Å². The molecule has 1 N–H and O–H groups in total. The zero-order valence-electron chi connectivity index (χ0n) is 13.5. The predicted octanol–water partition coefficient (Wildman–Crippen LogP) is 2.98. The molecule has 0 atom stereocenters. The number of anilines is 1. The lowest BCUT2D eigenvalue weighted by molar-refractivity contribution is -0.117. The molecule has 0 saturated heterocycles. The fraction of sp³-hybridized carbons (Fsp3) is 0.167. The van der Waals surface area contributed by atoms with Gasteiger partial charge in [-0.25, -0.2) is 9.82 Å². The van der Waals surface area contributed by atoms with Crippen LogP contribution in [-0.2, 0) is 4.79 Å². The third kappa shape index (κ3) is 4.74. The Kier molecular flexibility index (Phi) is 5.78. The number of nitrogens with one attached hydrogen (secondary N) is 1. The van der Waals surface area contributed by atoms with E-state index in [1.54, 1.807) is 14.0 Å². The number of carbonyl (C=O) groups excluding carboxylic acids is 2.